The van der Waals surface area contributed by atoms with Gasteiger partial charge in [-0.25, -0.2) is 8.78 Å². The Bertz CT molecular complexity index is 568. The lowest BCUT2D eigenvalue weighted by molar-refractivity contribution is 0.584. The number of rotatable bonds is 3. The fraction of sp³-hybridized carbons (Fsp3) is 0.250. The first-order chi connectivity index (χ1) is 9.01. The average Bonchev–Trinajstić information content (AvgIpc) is 2.32. The van der Waals surface area contributed by atoms with E-state index in [0.29, 0.717) is 5.56 Å². The predicted octanol–water partition coefficient (Wildman–Crippen LogP) is 4.39. The monoisotopic (exact) mass is 297 g/mol. The molecule has 0 spiro atoms. The molecule has 2 aromatic carbocycles. The van der Waals surface area contributed by atoms with Crippen LogP contribution in [0.3, 0.4) is 0 Å². The van der Waals surface area contributed by atoms with Crippen molar-refractivity contribution < 1.29 is 8.78 Å². The molecule has 1 N–H and O–H groups in total. The number of hydrogen-bond donors (Lipinski definition) is 1. The molecule has 108 valence electrons. The summed E-state index contributed by atoms with van der Waals surface area (Å²) in [5, 5.41) is 3.12. The minimum Gasteiger partial charge on any atom is -0.316 e. The van der Waals surface area contributed by atoms with Crippen molar-refractivity contribution in [3.8, 4) is 11.1 Å². The zero-order chi connectivity index (χ0) is 14.0. The molecule has 0 aromatic heterocycles. The topological polar surface area (TPSA) is 12.0 Å². The second-order valence-corrected chi connectivity index (χ2v) is 4.78. The van der Waals surface area contributed by atoms with Gasteiger partial charge in [-0.05, 0) is 60.8 Å². The van der Waals surface area contributed by atoms with Crippen LogP contribution in [0.2, 0.25) is 0 Å². The molecule has 0 unspecified atom stereocenters. The molecule has 0 aliphatic rings. The molecule has 2 aromatic rings. The number of nitrogens with one attached hydrogen (secondary N) is 1. The van der Waals surface area contributed by atoms with E-state index < -0.39 is 11.6 Å². The molecule has 0 saturated heterocycles. The highest BCUT2D eigenvalue weighted by Crippen LogP contribution is 2.26. The zero-order valence-corrected chi connectivity index (χ0v) is 12.6. The van der Waals surface area contributed by atoms with E-state index in [4.69, 9.17) is 0 Å². The largest absolute Gasteiger partial charge is 0.316 e. The van der Waals surface area contributed by atoms with E-state index >= 15 is 0 Å². The minimum atomic E-state index is -0.551. The summed E-state index contributed by atoms with van der Waals surface area (Å²) in [5.41, 5.74) is 4.87. The third kappa shape index (κ3) is 3.56. The van der Waals surface area contributed by atoms with Crippen LogP contribution in [-0.2, 0) is 6.54 Å². The number of halogens is 3. The van der Waals surface area contributed by atoms with E-state index in [1.165, 1.54) is 17.7 Å². The van der Waals surface area contributed by atoms with Gasteiger partial charge in [-0.2, -0.15) is 0 Å². The highest BCUT2D eigenvalue weighted by molar-refractivity contribution is 5.85. The number of aryl methyl sites for hydroxylation is 2. The quantitative estimate of drug-likeness (QED) is 0.886. The molecular formula is C16H18ClF2N. The molecule has 0 saturated carbocycles. The van der Waals surface area contributed by atoms with Crippen molar-refractivity contribution in [2.45, 2.75) is 20.4 Å². The van der Waals surface area contributed by atoms with Crippen molar-refractivity contribution in [1.29, 1.82) is 0 Å². The van der Waals surface area contributed by atoms with E-state index in [-0.39, 0.29) is 12.4 Å². The van der Waals surface area contributed by atoms with Crippen LogP contribution in [0.25, 0.3) is 11.1 Å². The average molecular weight is 298 g/mol. The third-order valence-corrected chi connectivity index (χ3v) is 3.25. The Hall–Kier alpha value is -1.45. The maximum atomic E-state index is 13.3. The molecule has 0 atom stereocenters. The van der Waals surface area contributed by atoms with Gasteiger partial charge in [0.25, 0.3) is 0 Å². The molecular weight excluding hydrogens is 280 g/mol. The van der Waals surface area contributed by atoms with E-state index in [9.17, 15) is 8.78 Å². The van der Waals surface area contributed by atoms with Crippen LogP contribution in [0, 0.1) is 25.5 Å². The SMILES string of the molecule is CNCc1c(C)cc(-c2cc(F)cc(F)c2)cc1C.Cl. The lowest BCUT2D eigenvalue weighted by Crippen LogP contribution is -2.08. The van der Waals surface area contributed by atoms with Crippen LogP contribution < -0.4 is 5.32 Å². The highest BCUT2D eigenvalue weighted by Gasteiger charge is 2.08. The Morgan fingerprint density at radius 3 is 1.75 bits per heavy atom. The first-order valence-corrected chi connectivity index (χ1v) is 6.22. The third-order valence-electron chi connectivity index (χ3n) is 3.25. The van der Waals surface area contributed by atoms with Crippen molar-refractivity contribution in [3.63, 3.8) is 0 Å². The van der Waals surface area contributed by atoms with Gasteiger partial charge >= 0.3 is 0 Å². The summed E-state index contributed by atoms with van der Waals surface area (Å²) in [6.07, 6.45) is 0. The van der Waals surface area contributed by atoms with Gasteiger partial charge in [0, 0.05) is 12.6 Å². The first kappa shape index (κ1) is 16.6. The molecule has 4 heteroatoms. The van der Waals surface area contributed by atoms with Gasteiger partial charge in [0.05, 0.1) is 0 Å². The fourth-order valence-corrected chi connectivity index (χ4v) is 2.34. The Labute approximate surface area is 124 Å². The first-order valence-electron chi connectivity index (χ1n) is 6.22. The summed E-state index contributed by atoms with van der Waals surface area (Å²) in [4.78, 5) is 0. The molecule has 0 aliphatic heterocycles. The number of hydrogen-bond acceptors (Lipinski definition) is 1. The van der Waals surface area contributed by atoms with Crippen LogP contribution >= 0.6 is 12.4 Å². The predicted molar refractivity (Wildman–Crippen MR) is 81.3 cm³/mol. The van der Waals surface area contributed by atoms with Gasteiger partial charge in [0.2, 0.25) is 0 Å². The maximum absolute atomic E-state index is 13.3. The van der Waals surface area contributed by atoms with Gasteiger partial charge < -0.3 is 5.32 Å². The number of benzene rings is 2. The van der Waals surface area contributed by atoms with Gasteiger partial charge in [-0.3, -0.25) is 0 Å². The Kier molecular flexibility index (Phi) is 5.66. The van der Waals surface area contributed by atoms with Gasteiger partial charge in [-0.1, -0.05) is 12.1 Å². The van der Waals surface area contributed by atoms with Gasteiger partial charge in [-0.15, -0.1) is 12.4 Å². The molecule has 0 amide bonds. The van der Waals surface area contributed by atoms with E-state index in [2.05, 4.69) is 5.32 Å². The van der Waals surface area contributed by atoms with Crippen molar-refractivity contribution in [1.82, 2.24) is 5.32 Å². The molecule has 1 nitrogen and oxygen atoms in total. The lowest BCUT2D eigenvalue weighted by atomic mass is 9.95. The van der Waals surface area contributed by atoms with E-state index in [1.54, 1.807) is 0 Å². The smallest absolute Gasteiger partial charge is 0.126 e. The van der Waals surface area contributed by atoms with Crippen molar-refractivity contribution in [2.75, 3.05) is 7.05 Å². The van der Waals surface area contributed by atoms with Gasteiger partial charge in [0.1, 0.15) is 11.6 Å². The van der Waals surface area contributed by atoms with E-state index in [0.717, 1.165) is 29.3 Å². The Balaban J connectivity index is 0.00000200. The fourth-order valence-electron chi connectivity index (χ4n) is 2.34. The molecule has 0 aliphatic carbocycles. The summed E-state index contributed by atoms with van der Waals surface area (Å²) in [5.74, 6) is -1.10. The normalized spacial score (nSPS) is 10.2. The molecule has 20 heavy (non-hydrogen) atoms. The Morgan fingerprint density at radius 2 is 1.30 bits per heavy atom. The summed E-state index contributed by atoms with van der Waals surface area (Å²) in [7, 11) is 1.90. The van der Waals surface area contributed by atoms with Crippen LogP contribution in [0.15, 0.2) is 30.3 Å². The van der Waals surface area contributed by atoms with E-state index in [1.807, 2.05) is 33.0 Å². The van der Waals surface area contributed by atoms with Crippen molar-refractivity contribution in [2.24, 2.45) is 0 Å². The van der Waals surface area contributed by atoms with Gasteiger partial charge in [0.15, 0.2) is 0 Å². The molecule has 0 heterocycles. The summed E-state index contributed by atoms with van der Waals surface area (Å²) in [6.45, 7) is 4.81. The summed E-state index contributed by atoms with van der Waals surface area (Å²) >= 11 is 0. The van der Waals surface area contributed by atoms with Crippen LogP contribution in [0.4, 0.5) is 8.78 Å². The minimum absolute atomic E-state index is 0. The molecule has 0 radical (unpaired) electrons. The second kappa shape index (κ2) is 6.82. The maximum Gasteiger partial charge on any atom is 0.126 e. The Morgan fingerprint density at radius 1 is 0.850 bits per heavy atom. The van der Waals surface area contributed by atoms with Crippen LogP contribution in [-0.4, -0.2) is 7.05 Å². The highest BCUT2D eigenvalue weighted by atomic mass is 35.5. The molecule has 0 bridgehead atoms. The van der Waals surface area contributed by atoms with Crippen molar-refractivity contribution >= 4 is 12.4 Å². The van der Waals surface area contributed by atoms with Crippen LogP contribution in [0.5, 0.6) is 0 Å². The molecule has 0 fully saturated rings. The zero-order valence-electron chi connectivity index (χ0n) is 11.8. The lowest BCUT2D eigenvalue weighted by Gasteiger charge is -2.13. The summed E-state index contributed by atoms with van der Waals surface area (Å²) < 4.78 is 26.5. The molecule has 2 rings (SSSR count). The van der Waals surface area contributed by atoms with Crippen molar-refractivity contribution in [3.05, 3.63) is 58.7 Å². The standard InChI is InChI=1S/C16H17F2N.ClH/c1-10-4-12(5-11(2)16(10)9-19-3)13-6-14(17)8-15(18)7-13;/h4-8,19H,9H2,1-3H3;1H. The summed E-state index contributed by atoms with van der Waals surface area (Å²) in [6, 6.07) is 7.53. The second-order valence-electron chi connectivity index (χ2n) is 4.78. The van der Waals surface area contributed by atoms with Crippen LogP contribution in [0.1, 0.15) is 16.7 Å².